The van der Waals surface area contributed by atoms with E-state index in [9.17, 15) is 17.6 Å². The van der Waals surface area contributed by atoms with Crippen LogP contribution < -0.4 is 10.0 Å². The molecular formula is C15H23FN2O4S. The minimum absolute atomic E-state index is 0.00320. The van der Waals surface area contributed by atoms with Crippen LogP contribution in [0.15, 0.2) is 29.2 Å². The molecule has 0 aliphatic carbocycles. The van der Waals surface area contributed by atoms with Gasteiger partial charge in [0.2, 0.25) is 15.9 Å². The van der Waals surface area contributed by atoms with Gasteiger partial charge < -0.3 is 10.1 Å². The number of benzene rings is 1. The number of amides is 1. The molecule has 2 N–H and O–H groups in total. The Morgan fingerprint density at radius 2 is 1.96 bits per heavy atom. The van der Waals surface area contributed by atoms with Crippen LogP contribution in [0.3, 0.4) is 0 Å². The third-order valence-electron chi connectivity index (χ3n) is 3.16. The lowest BCUT2D eigenvalue weighted by Crippen LogP contribution is -2.34. The summed E-state index contributed by atoms with van der Waals surface area (Å²) in [6, 6.07) is 4.58. The van der Waals surface area contributed by atoms with Gasteiger partial charge in [-0.15, -0.1) is 0 Å². The molecule has 1 unspecified atom stereocenters. The van der Waals surface area contributed by atoms with E-state index in [0.717, 1.165) is 18.6 Å². The standard InChI is InChI=1S/C15H23FN2O4S/c1-12(9-11-22-2)18-15(19)4-3-10-17-23(20,21)14-7-5-13(16)6-8-14/h5-8,12,17H,3-4,9-11H2,1-2H3,(H,18,19). The third kappa shape index (κ3) is 7.54. The summed E-state index contributed by atoms with van der Waals surface area (Å²) in [5, 5.41) is 2.81. The van der Waals surface area contributed by atoms with Crippen molar-refractivity contribution in [2.45, 2.75) is 37.1 Å². The molecule has 6 nitrogen and oxygen atoms in total. The van der Waals surface area contributed by atoms with Crippen molar-refractivity contribution < 1.29 is 22.3 Å². The third-order valence-corrected chi connectivity index (χ3v) is 4.64. The van der Waals surface area contributed by atoms with E-state index in [2.05, 4.69) is 10.0 Å². The number of halogens is 1. The second-order valence-electron chi connectivity index (χ2n) is 5.21. The van der Waals surface area contributed by atoms with Gasteiger partial charge in [0.1, 0.15) is 5.82 Å². The van der Waals surface area contributed by atoms with Crippen molar-refractivity contribution in [1.82, 2.24) is 10.0 Å². The van der Waals surface area contributed by atoms with Crippen molar-refractivity contribution in [3.05, 3.63) is 30.1 Å². The van der Waals surface area contributed by atoms with Crippen LogP contribution in [0.1, 0.15) is 26.2 Å². The minimum atomic E-state index is -3.67. The smallest absolute Gasteiger partial charge is 0.240 e. The lowest BCUT2D eigenvalue weighted by molar-refractivity contribution is -0.121. The molecule has 0 aliphatic rings. The fraction of sp³-hybridized carbons (Fsp3) is 0.533. The van der Waals surface area contributed by atoms with Crippen molar-refractivity contribution in [3.8, 4) is 0 Å². The van der Waals surface area contributed by atoms with Gasteiger partial charge in [-0.05, 0) is 44.0 Å². The zero-order chi connectivity index (χ0) is 17.3. The molecule has 130 valence electrons. The number of carbonyl (C=O) groups excluding carboxylic acids is 1. The number of sulfonamides is 1. The van der Waals surface area contributed by atoms with Crippen molar-refractivity contribution in [2.24, 2.45) is 0 Å². The highest BCUT2D eigenvalue weighted by Crippen LogP contribution is 2.09. The first-order valence-electron chi connectivity index (χ1n) is 7.38. The molecule has 0 saturated heterocycles. The molecule has 0 aliphatic heterocycles. The molecule has 1 atom stereocenters. The topological polar surface area (TPSA) is 84.5 Å². The predicted molar refractivity (Wildman–Crippen MR) is 84.9 cm³/mol. The number of hydrogen-bond acceptors (Lipinski definition) is 4. The van der Waals surface area contributed by atoms with E-state index >= 15 is 0 Å². The van der Waals surface area contributed by atoms with Crippen molar-refractivity contribution in [1.29, 1.82) is 0 Å². The van der Waals surface area contributed by atoms with Gasteiger partial charge in [0, 0.05) is 32.7 Å². The summed E-state index contributed by atoms with van der Waals surface area (Å²) < 4.78 is 44.0. The Balaban J connectivity index is 2.31. The van der Waals surface area contributed by atoms with Crippen LogP contribution in [0.5, 0.6) is 0 Å². The van der Waals surface area contributed by atoms with Crippen LogP contribution in [0.25, 0.3) is 0 Å². The lowest BCUT2D eigenvalue weighted by atomic mass is 10.2. The fourth-order valence-electron chi connectivity index (χ4n) is 1.87. The Morgan fingerprint density at radius 3 is 2.57 bits per heavy atom. The van der Waals surface area contributed by atoms with Gasteiger partial charge in [0.15, 0.2) is 0 Å². The second-order valence-corrected chi connectivity index (χ2v) is 6.97. The maximum Gasteiger partial charge on any atom is 0.240 e. The summed E-state index contributed by atoms with van der Waals surface area (Å²) in [4.78, 5) is 11.7. The van der Waals surface area contributed by atoms with Crippen molar-refractivity contribution >= 4 is 15.9 Å². The monoisotopic (exact) mass is 346 g/mol. The van der Waals surface area contributed by atoms with Crippen LogP contribution in [0.4, 0.5) is 4.39 Å². The quantitative estimate of drug-likeness (QED) is 0.628. The number of ether oxygens (including phenoxy) is 1. The van der Waals surface area contributed by atoms with Gasteiger partial charge in [-0.2, -0.15) is 0 Å². The van der Waals surface area contributed by atoms with E-state index in [1.807, 2.05) is 6.92 Å². The number of hydrogen-bond donors (Lipinski definition) is 2. The Labute approximate surface area is 136 Å². The van der Waals surface area contributed by atoms with E-state index in [4.69, 9.17) is 4.74 Å². The number of methoxy groups -OCH3 is 1. The van der Waals surface area contributed by atoms with E-state index in [0.29, 0.717) is 13.0 Å². The lowest BCUT2D eigenvalue weighted by Gasteiger charge is -2.13. The molecule has 1 aromatic carbocycles. The zero-order valence-corrected chi connectivity index (χ0v) is 14.2. The van der Waals surface area contributed by atoms with Gasteiger partial charge in [0.25, 0.3) is 0 Å². The highest BCUT2D eigenvalue weighted by molar-refractivity contribution is 7.89. The molecule has 0 fully saturated rings. The Morgan fingerprint density at radius 1 is 1.30 bits per heavy atom. The molecule has 0 spiro atoms. The molecule has 1 aromatic rings. The van der Waals surface area contributed by atoms with E-state index < -0.39 is 15.8 Å². The van der Waals surface area contributed by atoms with Crippen molar-refractivity contribution in [2.75, 3.05) is 20.3 Å². The van der Waals surface area contributed by atoms with Gasteiger partial charge in [-0.1, -0.05) is 0 Å². The average molecular weight is 346 g/mol. The molecule has 0 heterocycles. The van der Waals surface area contributed by atoms with Gasteiger partial charge in [0.05, 0.1) is 4.90 Å². The van der Waals surface area contributed by atoms with Crippen LogP contribution in [0, 0.1) is 5.82 Å². The Bertz CT molecular complexity index is 590. The van der Waals surface area contributed by atoms with Crippen LogP contribution in [-0.4, -0.2) is 40.6 Å². The first kappa shape index (κ1) is 19.5. The van der Waals surface area contributed by atoms with Gasteiger partial charge >= 0.3 is 0 Å². The molecule has 0 aromatic heterocycles. The van der Waals surface area contributed by atoms with Gasteiger partial charge in [-0.3, -0.25) is 4.79 Å². The molecule has 1 amide bonds. The maximum absolute atomic E-state index is 12.8. The highest BCUT2D eigenvalue weighted by Gasteiger charge is 2.13. The summed E-state index contributed by atoms with van der Waals surface area (Å²) in [7, 11) is -2.08. The maximum atomic E-state index is 12.8. The van der Waals surface area contributed by atoms with Crippen LogP contribution >= 0.6 is 0 Å². The Kier molecular flexibility index (Phi) is 8.15. The fourth-order valence-corrected chi connectivity index (χ4v) is 2.94. The summed E-state index contributed by atoms with van der Waals surface area (Å²) in [6.07, 6.45) is 1.33. The van der Waals surface area contributed by atoms with Crippen LogP contribution in [0.2, 0.25) is 0 Å². The van der Waals surface area contributed by atoms with E-state index in [1.165, 1.54) is 12.1 Å². The molecule has 0 saturated carbocycles. The molecular weight excluding hydrogens is 323 g/mol. The van der Waals surface area contributed by atoms with Gasteiger partial charge in [-0.25, -0.2) is 17.5 Å². The molecule has 23 heavy (non-hydrogen) atoms. The zero-order valence-electron chi connectivity index (χ0n) is 13.3. The average Bonchev–Trinajstić information content (AvgIpc) is 2.50. The highest BCUT2D eigenvalue weighted by atomic mass is 32.2. The molecule has 1 rings (SSSR count). The normalized spacial score (nSPS) is 12.8. The summed E-state index contributed by atoms with van der Waals surface area (Å²) in [6.45, 7) is 2.59. The molecule has 0 bridgehead atoms. The number of rotatable bonds is 10. The largest absolute Gasteiger partial charge is 0.385 e. The minimum Gasteiger partial charge on any atom is -0.385 e. The van der Waals surface area contributed by atoms with Crippen LogP contribution in [-0.2, 0) is 19.6 Å². The molecule has 0 radical (unpaired) electrons. The van der Waals surface area contributed by atoms with Crippen molar-refractivity contribution in [3.63, 3.8) is 0 Å². The van der Waals surface area contributed by atoms with E-state index in [1.54, 1.807) is 7.11 Å². The summed E-state index contributed by atoms with van der Waals surface area (Å²) in [5.74, 6) is -0.627. The summed E-state index contributed by atoms with van der Waals surface area (Å²) in [5.41, 5.74) is 0. The number of carbonyl (C=O) groups is 1. The summed E-state index contributed by atoms with van der Waals surface area (Å²) >= 11 is 0. The first-order chi connectivity index (χ1) is 10.8. The molecule has 8 heteroatoms. The SMILES string of the molecule is COCCC(C)NC(=O)CCCNS(=O)(=O)c1ccc(F)cc1. The number of nitrogens with one attached hydrogen (secondary N) is 2. The predicted octanol–water partition coefficient (Wildman–Crippen LogP) is 1.43. The van der Waals surface area contributed by atoms with E-state index in [-0.39, 0.29) is 29.8 Å². The first-order valence-corrected chi connectivity index (χ1v) is 8.87. The Hall–Kier alpha value is -1.51. The second kappa shape index (κ2) is 9.59.